The molecule has 138 valence electrons. The van der Waals surface area contributed by atoms with Crippen molar-refractivity contribution in [1.82, 2.24) is 15.2 Å². The minimum atomic E-state index is -0.00676. The van der Waals surface area contributed by atoms with Gasteiger partial charge >= 0.3 is 0 Å². The molecule has 25 heavy (non-hydrogen) atoms. The first kappa shape index (κ1) is 19.6. The first-order valence-electron chi connectivity index (χ1n) is 8.69. The van der Waals surface area contributed by atoms with Gasteiger partial charge in [0.25, 0.3) is 0 Å². The Morgan fingerprint density at radius 1 is 1.20 bits per heavy atom. The number of piperazine rings is 1. The molecule has 1 aliphatic rings. The summed E-state index contributed by atoms with van der Waals surface area (Å²) in [7, 11) is 0. The van der Waals surface area contributed by atoms with Crippen molar-refractivity contribution < 1.29 is 9.59 Å². The molecule has 0 bridgehead atoms. The Kier molecular flexibility index (Phi) is 7.11. The highest BCUT2D eigenvalue weighted by Crippen LogP contribution is 2.22. The van der Waals surface area contributed by atoms with Crippen molar-refractivity contribution in [2.24, 2.45) is 0 Å². The zero-order valence-electron chi connectivity index (χ0n) is 15.3. The van der Waals surface area contributed by atoms with E-state index in [1.165, 1.54) is 0 Å². The monoisotopic (exact) mass is 364 g/mol. The number of amides is 2. The minimum absolute atomic E-state index is 0.00676. The minimum Gasteiger partial charge on any atom is -0.355 e. The molecule has 2 heterocycles. The molecule has 2 rings (SSSR count). The average Bonchev–Trinajstić information content (AvgIpc) is 2.60. The maximum Gasteiger partial charge on any atom is 0.230 e. The molecule has 0 aromatic carbocycles. The number of anilines is 1. The second-order valence-electron chi connectivity index (χ2n) is 7.06. The molecule has 0 radical (unpaired) electrons. The topological polar surface area (TPSA) is 65.5 Å². The summed E-state index contributed by atoms with van der Waals surface area (Å²) in [5.74, 6) is 1.48. The zero-order chi connectivity index (χ0) is 18.3. The third-order valence-electron chi connectivity index (χ3n) is 3.90. The van der Waals surface area contributed by atoms with Crippen molar-refractivity contribution in [3.63, 3.8) is 0 Å². The van der Waals surface area contributed by atoms with E-state index in [0.29, 0.717) is 31.8 Å². The lowest BCUT2D eigenvalue weighted by molar-refractivity contribution is -0.131. The first-order chi connectivity index (χ1) is 11.8. The summed E-state index contributed by atoms with van der Waals surface area (Å²) in [6.45, 7) is 9.63. The largest absolute Gasteiger partial charge is 0.355 e. The molecule has 1 N–H and O–H groups in total. The molecule has 1 aromatic heterocycles. The van der Waals surface area contributed by atoms with Gasteiger partial charge in [0.2, 0.25) is 11.8 Å². The number of aromatic nitrogens is 1. The Bertz CT molecular complexity index is 566. The lowest BCUT2D eigenvalue weighted by atomic mass is 10.2. The van der Waals surface area contributed by atoms with Gasteiger partial charge in [-0.2, -0.15) is 0 Å². The van der Waals surface area contributed by atoms with Gasteiger partial charge in [-0.15, -0.1) is 11.8 Å². The third kappa shape index (κ3) is 6.94. The SMILES string of the molecule is CC(C)(C)SCC(=O)NCCC(=O)N1CCN(c2ccccn2)CC1. The van der Waals surface area contributed by atoms with Gasteiger partial charge in [0, 0.05) is 50.1 Å². The normalized spacial score (nSPS) is 15.2. The van der Waals surface area contributed by atoms with E-state index in [2.05, 4.69) is 36.0 Å². The predicted octanol–water partition coefficient (Wildman–Crippen LogP) is 1.77. The lowest BCUT2D eigenvalue weighted by Crippen LogP contribution is -2.49. The van der Waals surface area contributed by atoms with Gasteiger partial charge in [-0.05, 0) is 12.1 Å². The van der Waals surface area contributed by atoms with Crippen LogP contribution in [0.5, 0.6) is 0 Å². The van der Waals surface area contributed by atoms with E-state index in [9.17, 15) is 9.59 Å². The molecule has 0 saturated carbocycles. The molecule has 6 nitrogen and oxygen atoms in total. The van der Waals surface area contributed by atoms with Gasteiger partial charge in [-0.1, -0.05) is 26.8 Å². The molecule has 0 aliphatic carbocycles. The van der Waals surface area contributed by atoms with E-state index >= 15 is 0 Å². The molecule has 0 atom stereocenters. The van der Waals surface area contributed by atoms with Crippen molar-refractivity contribution in [2.75, 3.05) is 43.4 Å². The van der Waals surface area contributed by atoms with Crippen LogP contribution in [0, 0.1) is 0 Å². The van der Waals surface area contributed by atoms with Crippen molar-refractivity contribution in [1.29, 1.82) is 0 Å². The number of hydrogen-bond acceptors (Lipinski definition) is 5. The van der Waals surface area contributed by atoms with Crippen LogP contribution in [0.1, 0.15) is 27.2 Å². The highest BCUT2D eigenvalue weighted by Gasteiger charge is 2.21. The van der Waals surface area contributed by atoms with Crippen LogP contribution in [0.4, 0.5) is 5.82 Å². The average molecular weight is 365 g/mol. The highest BCUT2D eigenvalue weighted by atomic mass is 32.2. The predicted molar refractivity (Wildman–Crippen MR) is 103 cm³/mol. The molecule has 1 saturated heterocycles. The van der Waals surface area contributed by atoms with Crippen LogP contribution in [0.3, 0.4) is 0 Å². The summed E-state index contributed by atoms with van der Waals surface area (Å²) in [4.78, 5) is 32.5. The number of nitrogens with zero attached hydrogens (tertiary/aromatic N) is 3. The van der Waals surface area contributed by atoms with E-state index in [0.717, 1.165) is 18.9 Å². The van der Waals surface area contributed by atoms with Gasteiger partial charge in [-0.3, -0.25) is 9.59 Å². The van der Waals surface area contributed by atoms with Gasteiger partial charge in [0.05, 0.1) is 5.75 Å². The molecule has 7 heteroatoms. The van der Waals surface area contributed by atoms with Crippen LogP contribution in [0.15, 0.2) is 24.4 Å². The van der Waals surface area contributed by atoms with Crippen LogP contribution < -0.4 is 10.2 Å². The van der Waals surface area contributed by atoms with Crippen molar-refractivity contribution in [3.8, 4) is 0 Å². The quantitative estimate of drug-likeness (QED) is 0.833. The summed E-state index contributed by atoms with van der Waals surface area (Å²) >= 11 is 1.61. The number of thioether (sulfide) groups is 1. The maximum atomic E-state index is 12.3. The van der Waals surface area contributed by atoms with E-state index in [1.807, 2.05) is 23.1 Å². The van der Waals surface area contributed by atoms with Crippen LogP contribution in [0.2, 0.25) is 0 Å². The zero-order valence-corrected chi connectivity index (χ0v) is 16.1. The molecule has 1 aromatic rings. The number of carbonyl (C=O) groups is 2. The Hall–Kier alpha value is -1.76. The summed E-state index contributed by atoms with van der Waals surface area (Å²) < 4.78 is 0.0699. The van der Waals surface area contributed by atoms with Crippen LogP contribution in [-0.4, -0.2) is 64.9 Å². The Labute approximate surface area is 154 Å². The standard InChI is InChI=1S/C18H28N4O2S/c1-18(2,3)25-14-16(23)20-9-7-17(24)22-12-10-21(11-13-22)15-6-4-5-8-19-15/h4-6,8H,7,9-14H2,1-3H3,(H,20,23). The third-order valence-corrected chi connectivity index (χ3v) is 5.18. The van der Waals surface area contributed by atoms with E-state index in [4.69, 9.17) is 0 Å². The lowest BCUT2D eigenvalue weighted by Gasteiger charge is -2.35. The molecule has 0 spiro atoms. The number of nitrogens with one attached hydrogen (secondary N) is 1. The maximum absolute atomic E-state index is 12.3. The second-order valence-corrected chi connectivity index (χ2v) is 8.86. The number of pyridine rings is 1. The Morgan fingerprint density at radius 3 is 2.52 bits per heavy atom. The second kappa shape index (κ2) is 9.08. The fourth-order valence-corrected chi connectivity index (χ4v) is 3.19. The van der Waals surface area contributed by atoms with E-state index in [1.54, 1.807) is 18.0 Å². The first-order valence-corrected chi connectivity index (χ1v) is 9.68. The molecule has 1 fully saturated rings. The Morgan fingerprint density at radius 2 is 1.92 bits per heavy atom. The smallest absolute Gasteiger partial charge is 0.230 e. The number of carbonyl (C=O) groups excluding carboxylic acids is 2. The van der Waals surface area contributed by atoms with Crippen molar-refractivity contribution >= 4 is 29.4 Å². The molecule has 0 unspecified atom stereocenters. The van der Waals surface area contributed by atoms with E-state index < -0.39 is 0 Å². The summed E-state index contributed by atoms with van der Waals surface area (Å²) in [6.07, 6.45) is 2.14. The van der Waals surface area contributed by atoms with Gasteiger partial charge < -0.3 is 15.1 Å². The van der Waals surface area contributed by atoms with Crippen LogP contribution in [-0.2, 0) is 9.59 Å². The number of rotatable bonds is 6. The van der Waals surface area contributed by atoms with Crippen molar-refractivity contribution in [3.05, 3.63) is 24.4 Å². The Balaban J connectivity index is 1.65. The van der Waals surface area contributed by atoms with Gasteiger partial charge in [-0.25, -0.2) is 4.98 Å². The molecule has 2 amide bonds. The van der Waals surface area contributed by atoms with Gasteiger partial charge in [0.15, 0.2) is 0 Å². The van der Waals surface area contributed by atoms with Crippen molar-refractivity contribution in [2.45, 2.75) is 31.9 Å². The van der Waals surface area contributed by atoms with Crippen LogP contribution in [0.25, 0.3) is 0 Å². The van der Waals surface area contributed by atoms with Crippen LogP contribution >= 0.6 is 11.8 Å². The fraction of sp³-hybridized carbons (Fsp3) is 0.611. The number of hydrogen-bond donors (Lipinski definition) is 1. The van der Waals surface area contributed by atoms with E-state index in [-0.39, 0.29) is 16.6 Å². The summed E-state index contributed by atoms with van der Waals surface area (Å²) in [6, 6.07) is 5.86. The summed E-state index contributed by atoms with van der Waals surface area (Å²) in [5.41, 5.74) is 0. The molecular formula is C18H28N4O2S. The highest BCUT2D eigenvalue weighted by molar-refractivity contribution is 8.01. The molecule has 1 aliphatic heterocycles. The molecular weight excluding hydrogens is 336 g/mol. The summed E-state index contributed by atoms with van der Waals surface area (Å²) in [5, 5.41) is 2.83. The fourth-order valence-electron chi connectivity index (χ4n) is 2.53. The van der Waals surface area contributed by atoms with Gasteiger partial charge in [0.1, 0.15) is 5.82 Å².